The first-order chi connectivity index (χ1) is 10.1. The lowest BCUT2D eigenvalue weighted by molar-refractivity contribution is -0.141. The summed E-state index contributed by atoms with van der Waals surface area (Å²) in [6, 6.07) is 4.03. The van der Waals surface area contributed by atoms with Crippen LogP contribution < -0.4 is 0 Å². The molecule has 0 aromatic carbocycles. The van der Waals surface area contributed by atoms with E-state index in [2.05, 4.69) is 23.2 Å². The van der Waals surface area contributed by atoms with Crippen LogP contribution in [0.1, 0.15) is 36.8 Å². The number of rotatable bonds is 4. The standard InChI is InChI=1S/C15H21N5O/c1-4-14(19-7-5-6-16-19)15(21)18-9-13(10-18)20-12(3)8-11(2)17-20/h5-8,13-14H,4,9-10H2,1-3H3/t14-/m1/s1. The van der Waals surface area contributed by atoms with Crippen LogP contribution in [0.2, 0.25) is 0 Å². The molecule has 112 valence electrons. The van der Waals surface area contributed by atoms with Crippen LogP contribution in [-0.2, 0) is 4.79 Å². The summed E-state index contributed by atoms with van der Waals surface area (Å²) in [6.45, 7) is 7.54. The van der Waals surface area contributed by atoms with Crippen molar-refractivity contribution in [3.05, 3.63) is 35.9 Å². The zero-order valence-electron chi connectivity index (χ0n) is 12.7. The van der Waals surface area contributed by atoms with Gasteiger partial charge < -0.3 is 4.90 Å². The van der Waals surface area contributed by atoms with Crippen molar-refractivity contribution in [1.82, 2.24) is 24.5 Å². The van der Waals surface area contributed by atoms with Gasteiger partial charge in [0, 0.05) is 31.2 Å². The van der Waals surface area contributed by atoms with Crippen molar-refractivity contribution in [2.24, 2.45) is 0 Å². The molecule has 1 saturated heterocycles. The highest BCUT2D eigenvalue weighted by molar-refractivity contribution is 5.81. The van der Waals surface area contributed by atoms with Gasteiger partial charge in [-0.2, -0.15) is 10.2 Å². The van der Waals surface area contributed by atoms with Crippen LogP contribution in [0.15, 0.2) is 24.5 Å². The van der Waals surface area contributed by atoms with Crippen molar-refractivity contribution in [1.29, 1.82) is 0 Å². The normalized spacial score (nSPS) is 16.8. The summed E-state index contributed by atoms with van der Waals surface area (Å²) in [6.07, 6.45) is 4.32. The maximum Gasteiger partial charge on any atom is 0.247 e. The molecule has 21 heavy (non-hydrogen) atoms. The van der Waals surface area contributed by atoms with Gasteiger partial charge in [0.1, 0.15) is 6.04 Å². The van der Waals surface area contributed by atoms with E-state index < -0.39 is 0 Å². The van der Waals surface area contributed by atoms with E-state index >= 15 is 0 Å². The van der Waals surface area contributed by atoms with Gasteiger partial charge in [0.2, 0.25) is 5.91 Å². The molecule has 2 aromatic heterocycles. The molecule has 0 spiro atoms. The molecule has 1 atom stereocenters. The number of nitrogens with zero attached hydrogens (tertiary/aromatic N) is 5. The number of hydrogen-bond acceptors (Lipinski definition) is 3. The first-order valence-corrected chi connectivity index (χ1v) is 7.40. The largest absolute Gasteiger partial charge is 0.336 e. The van der Waals surface area contributed by atoms with E-state index in [-0.39, 0.29) is 11.9 Å². The lowest BCUT2D eigenvalue weighted by Gasteiger charge is -2.41. The maximum atomic E-state index is 12.6. The van der Waals surface area contributed by atoms with E-state index in [4.69, 9.17) is 0 Å². The fourth-order valence-corrected chi connectivity index (χ4v) is 2.96. The Morgan fingerprint density at radius 1 is 1.43 bits per heavy atom. The number of aryl methyl sites for hydroxylation is 2. The third kappa shape index (κ3) is 2.46. The van der Waals surface area contributed by atoms with Crippen molar-refractivity contribution in [3.8, 4) is 0 Å². The van der Waals surface area contributed by atoms with Gasteiger partial charge in [0.05, 0.1) is 11.7 Å². The van der Waals surface area contributed by atoms with Crippen LogP contribution in [0.25, 0.3) is 0 Å². The average molecular weight is 287 g/mol. The minimum Gasteiger partial charge on any atom is -0.336 e. The van der Waals surface area contributed by atoms with E-state index in [1.165, 1.54) is 0 Å². The number of hydrogen-bond donors (Lipinski definition) is 0. The quantitative estimate of drug-likeness (QED) is 0.860. The van der Waals surface area contributed by atoms with Gasteiger partial charge in [-0.15, -0.1) is 0 Å². The minimum absolute atomic E-state index is 0.152. The van der Waals surface area contributed by atoms with Gasteiger partial charge in [-0.05, 0) is 32.4 Å². The Kier molecular flexibility index (Phi) is 3.53. The number of amides is 1. The second kappa shape index (κ2) is 5.35. The van der Waals surface area contributed by atoms with Crippen molar-refractivity contribution < 1.29 is 4.79 Å². The second-order valence-corrected chi connectivity index (χ2v) is 5.68. The predicted octanol–water partition coefficient (Wildman–Crippen LogP) is 1.73. The van der Waals surface area contributed by atoms with Crippen LogP contribution in [0.3, 0.4) is 0 Å². The molecular formula is C15H21N5O. The predicted molar refractivity (Wildman–Crippen MR) is 78.9 cm³/mol. The summed E-state index contributed by atoms with van der Waals surface area (Å²) < 4.78 is 3.78. The molecule has 0 aliphatic carbocycles. The Hall–Kier alpha value is -2.11. The van der Waals surface area contributed by atoms with E-state index in [9.17, 15) is 4.79 Å². The summed E-state index contributed by atoms with van der Waals surface area (Å²) in [7, 11) is 0. The first kappa shape index (κ1) is 13.9. The molecule has 0 saturated carbocycles. The summed E-state index contributed by atoms with van der Waals surface area (Å²) >= 11 is 0. The second-order valence-electron chi connectivity index (χ2n) is 5.68. The average Bonchev–Trinajstić information content (AvgIpc) is 3.00. The monoisotopic (exact) mass is 287 g/mol. The molecule has 6 nitrogen and oxygen atoms in total. The Morgan fingerprint density at radius 3 is 2.71 bits per heavy atom. The van der Waals surface area contributed by atoms with Crippen LogP contribution in [0.5, 0.6) is 0 Å². The lowest BCUT2D eigenvalue weighted by Crippen LogP contribution is -2.53. The number of carbonyl (C=O) groups excluding carboxylic acids is 1. The molecule has 1 amide bonds. The number of aromatic nitrogens is 4. The van der Waals surface area contributed by atoms with Crippen LogP contribution in [-0.4, -0.2) is 43.5 Å². The van der Waals surface area contributed by atoms with Crippen molar-refractivity contribution in [2.75, 3.05) is 13.1 Å². The fraction of sp³-hybridized carbons (Fsp3) is 0.533. The topological polar surface area (TPSA) is 56.0 Å². The molecule has 6 heteroatoms. The van der Waals surface area contributed by atoms with E-state index in [1.54, 1.807) is 10.9 Å². The van der Waals surface area contributed by atoms with Gasteiger partial charge in [-0.1, -0.05) is 6.92 Å². The van der Waals surface area contributed by atoms with Gasteiger partial charge >= 0.3 is 0 Å². The van der Waals surface area contributed by atoms with Gasteiger partial charge in [0.25, 0.3) is 0 Å². The van der Waals surface area contributed by atoms with Gasteiger partial charge in [0.15, 0.2) is 0 Å². The smallest absolute Gasteiger partial charge is 0.247 e. The lowest BCUT2D eigenvalue weighted by atomic mass is 10.1. The van der Waals surface area contributed by atoms with E-state index in [1.807, 2.05) is 35.7 Å². The fourth-order valence-electron chi connectivity index (χ4n) is 2.96. The van der Waals surface area contributed by atoms with Crippen LogP contribution in [0, 0.1) is 13.8 Å². The van der Waals surface area contributed by atoms with Gasteiger partial charge in [-0.25, -0.2) is 0 Å². The van der Waals surface area contributed by atoms with Crippen LogP contribution >= 0.6 is 0 Å². The minimum atomic E-state index is -0.193. The Bertz CT molecular complexity index is 625. The number of carbonyl (C=O) groups is 1. The number of likely N-dealkylation sites (tertiary alicyclic amines) is 1. The van der Waals surface area contributed by atoms with Crippen LogP contribution in [0.4, 0.5) is 0 Å². The SMILES string of the molecule is CC[C@H](C(=O)N1CC(n2nc(C)cc2C)C1)n1cccn1. The zero-order valence-corrected chi connectivity index (χ0v) is 12.7. The summed E-state index contributed by atoms with van der Waals surface area (Å²) in [5.41, 5.74) is 2.18. The summed E-state index contributed by atoms with van der Waals surface area (Å²) in [4.78, 5) is 14.5. The molecule has 1 fully saturated rings. The molecule has 0 unspecified atom stereocenters. The highest BCUT2D eigenvalue weighted by Crippen LogP contribution is 2.26. The first-order valence-electron chi connectivity index (χ1n) is 7.40. The molecule has 1 aliphatic rings. The molecule has 0 bridgehead atoms. The summed E-state index contributed by atoms with van der Waals surface area (Å²) in [5, 5.41) is 8.70. The highest BCUT2D eigenvalue weighted by Gasteiger charge is 2.36. The third-order valence-corrected chi connectivity index (χ3v) is 4.08. The highest BCUT2D eigenvalue weighted by atomic mass is 16.2. The van der Waals surface area contributed by atoms with E-state index in [0.717, 1.165) is 30.9 Å². The molecule has 2 aromatic rings. The zero-order chi connectivity index (χ0) is 15.0. The van der Waals surface area contributed by atoms with Crippen molar-refractivity contribution in [3.63, 3.8) is 0 Å². The molecule has 1 aliphatic heterocycles. The van der Waals surface area contributed by atoms with E-state index in [0.29, 0.717) is 6.04 Å². The van der Waals surface area contributed by atoms with Crippen molar-refractivity contribution in [2.45, 2.75) is 39.3 Å². The van der Waals surface area contributed by atoms with Gasteiger partial charge in [-0.3, -0.25) is 14.2 Å². The molecular weight excluding hydrogens is 266 g/mol. The Morgan fingerprint density at radius 2 is 2.19 bits per heavy atom. The maximum absolute atomic E-state index is 12.6. The molecule has 3 heterocycles. The third-order valence-electron chi connectivity index (χ3n) is 4.08. The van der Waals surface area contributed by atoms with Crippen molar-refractivity contribution >= 4 is 5.91 Å². The molecule has 0 radical (unpaired) electrons. The Labute approximate surface area is 124 Å². The Balaban J connectivity index is 1.65. The molecule has 0 N–H and O–H groups in total. The molecule has 3 rings (SSSR count). The summed E-state index contributed by atoms with van der Waals surface area (Å²) in [5.74, 6) is 0.152.